The van der Waals surface area contributed by atoms with Crippen molar-refractivity contribution in [2.45, 2.75) is 52.6 Å². The highest BCUT2D eigenvalue weighted by atomic mass is 32.1. The van der Waals surface area contributed by atoms with Gasteiger partial charge < -0.3 is 23.8 Å². The van der Waals surface area contributed by atoms with Crippen LogP contribution in [0.5, 0.6) is 11.5 Å². The first kappa shape index (κ1) is 37.5. The third kappa shape index (κ3) is 7.92. The Morgan fingerprint density at radius 2 is 1.75 bits per heavy atom. The number of hydrogen-bond acceptors (Lipinski definition) is 9. The predicted molar refractivity (Wildman–Crippen MR) is 206 cm³/mol. The Kier molecular flexibility index (Phi) is 11.5. The average molecular weight is 735 g/mol. The second-order valence-electron chi connectivity index (χ2n) is 13.7. The summed E-state index contributed by atoms with van der Waals surface area (Å²) in [6, 6.07) is 12.2. The van der Waals surface area contributed by atoms with Crippen LogP contribution in [0.3, 0.4) is 0 Å². The van der Waals surface area contributed by atoms with Gasteiger partial charge in [0.1, 0.15) is 28.1 Å². The molecule has 1 saturated heterocycles. The molecule has 2 amide bonds. The number of aromatic nitrogens is 2. The summed E-state index contributed by atoms with van der Waals surface area (Å²) >= 11 is 1.38. The number of thiazole rings is 1. The van der Waals surface area contributed by atoms with E-state index in [1.54, 1.807) is 43.0 Å². The molecule has 12 heteroatoms. The van der Waals surface area contributed by atoms with Crippen LogP contribution in [-0.4, -0.2) is 83.0 Å². The van der Waals surface area contributed by atoms with Crippen molar-refractivity contribution in [3.8, 4) is 28.7 Å². The number of methoxy groups -OCH3 is 2. The number of benzene rings is 2. The number of hydrogen-bond donors (Lipinski definition) is 0. The summed E-state index contributed by atoms with van der Waals surface area (Å²) in [6.07, 6.45) is 6.78. The van der Waals surface area contributed by atoms with E-state index >= 15 is 0 Å². The van der Waals surface area contributed by atoms with Gasteiger partial charge in [-0.3, -0.25) is 19.3 Å². The zero-order chi connectivity index (χ0) is 37.8. The van der Waals surface area contributed by atoms with Crippen molar-refractivity contribution in [2.24, 2.45) is 7.05 Å². The van der Waals surface area contributed by atoms with E-state index in [4.69, 9.17) is 9.47 Å². The third-order valence-corrected chi connectivity index (χ3v) is 11.4. The van der Waals surface area contributed by atoms with Crippen LogP contribution in [0.2, 0.25) is 0 Å². The second kappa shape index (κ2) is 16.2. The van der Waals surface area contributed by atoms with E-state index in [9.17, 15) is 19.6 Å². The first-order valence-electron chi connectivity index (χ1n) is 17.9. The number of pyridine rings is 1. The summed E-state index contributed by atoms with van der Waals surface area (Å²) < 4.78 is 13.3. The molecule has 4 heterocycles. The Hall–Kier alpha value is -5.25. The number of carbonyl (C=O) groups is 2. The number of nitriles is 1. The molecule has 276 valence electrons. The smallest absolute Gasteiger partial charge is 0.265 e. The molecule has 2 aromatic heterocycles. The fraction of sp³-hybridized carbons (Fsp3) is 0.390. The summed E-state index contributed by atoms with van der Waals surface area (Å²) in [4.78, 5) is 49.4. The lowest BCUT2D eigenvalue weighted by Crippen LogP contribution is -2.48. The Morgan fingerprint density at radius 3 is 2.40 bits per heavy atom. The van der Waals surface area contributed by atoms with Gasteiger partial charge in [-0.15, -0.1) is 11.3 Å². The maximum Gasteiger partial charge on any atom is 0.265 e. The van der Waals surface area contributed by atoms with Crippen LogP contribution in [0.25, 0.3) is 17.2 Å². The number of amides is 2. The molecule has 1 unspecified atom stereocenters. The van der Waals surface area contributed by atoms with Gasteiger partial charge in [0, 0.05) is 81.6 Å². The van der Waals surface area contributed by atoms with Gasteiger partial charge >= 0.3 is 0 Å². The highest BCUT2D eigenvalue weighted by Gasteiger charge is 2.30. The standard InChI is InChI=1S/C41H46N6O5S/c1-26-27(2)40(49)44(4)24-34(26)31-20-36(51-5)35(37(21-31)52-6)25-45-14-16-46(17-15-45)39(48)10-8-29-7-9-30-11-13-47(28(3)33(30)19-29)41(50)32(23-42)22-38-43-12-18-53-38/h7,9,12,18-22,24,28H,8,10-11,13-17,25H2,1-6H3. The van der Waals surface area contributed by atoms with Crippen molar-refractivity contribution in [1.82, 2.24) is 24.3 Å². The molecule has 2 aromatic carbocycles. The first-order chi connectivity index (χ1) is 25.5. The van der Waals surface area contributed by atoms with Gasteiger partial charge in [0.25, 0.3) is 11.5 Å². The molecule has 0 aliphatic carbocycles. The van der Waals surface area contributed by atoms with E-state index in [0.29, 0.717) is 67.5 Å². The Balaban J connectivity index is 1.06. The monoisotopic (exact) mass is 734 g/mol. The number of aryl methyl sites for hydroxylation is 2. The lowest BCUT2D eigenvalue weighted by Gasteiger charge is -2.36. The van der Waals surface area contributed by atoms with E-state index in [1.165, 1.54) is 16.9 Å². The van der Waals surface area contributed by atoms with Crippen molar-refractivity contribution >= 4 is 29.2 Å². The lowest BCUT2D eigenvalue weighted by atomic mass is 9.90. The highest BCUT2D eigenvalue weighted by Crippen LogP contribution is 2.37. The number of rotatable bonds is 10. The number of fused-ring (bicyclic) bond motifs is 1. The van der Waals surface area contributed by atoms with E-state index in [0.717, 1.165) is 46.5 Å². The van der Waals surface area contributed by atoms with Crippen LogP contribution in [0, 0.1) is 25.2 Å². The highest BCUT2D eigenvalue weighted by molar-refractivity contribution is 7.10. The molecule has 0 N–H and O–H groups in total. The summed E-state index contributed by atoms with van der Waals surface area (Å²) in [6.45, 7) is 9.66. The Labute approximate surface area is 314 Å². The molecule has 2 aliphatic heterocycles. The zero-order valence-corrected chi connectivity index (χ0v) is 32.1. The van der Waals surface area contributed by atoms with E-state index in [-0.39, 0.29) is 29.0 Å². The van der Waals surface area contributed by atoms with Crippen molar-refractivity contribution in [3.63, 3.8) is 0 Å². The van der Waals surface area contributed by atoms with Gasteiger partial charge in [0.05, 0.1) is 25.8 Å². The lowest BCUT2D eigenvalue weighted by molar-refractivity contribution is -0.133. The SMILES string of the molecule is COc1cc(-c2cn(C)c(=O)c(C)c2C)cc(OC)c1CN1CCN(C(=O)CCc2ccc3c(c2)C(C)N(C(=O)C(C#N)=Cc2nccs2)CC3)CC1. The molecule has 4 aromatic rings. The number of piperazine rings is 1. The molecule has 11 nitrogen and oxygen atoms in total. The van der Waals surface area contributed by atoms with Gasteiger partial charge in [-0.25, -0.2) is 4.98 Å². The minimum atomic E-state index is -0.291. The minimum absolute atomic E-state index is 0.0116. The van der Waals surface area contributed by atoms with Gasteiger partial charge in [-0.2, -0.15) is 5.26 Å². The van der Waals surface area contributed by atoms with Crippen molar-refractivity contribution in [1.29, 1.82) is 5.26 Å². The van der Waals surface area contributed by atoms with E-state index in [1.807, 2.05) is 49.4 Å². The fourth-order valence-electron chi connectivity index (χ4n) is 7.37. The van der Waals surface area contributed by atoms with Crippen LogP contribution in [0.4, 0.5) is 0 Å². The maximum atomic E-state index is 13.4. The zero-order valence-electron chi connectivity index (χ0n) is 31.3. The molecule has 2 aliphatic rings. The molecule has 6 rings (SSSR count). The summed E-state index contributed by atoms with van der Waals surface area (Å²) in [5.74, 6) is 1.27. The van der Waals surface area contributed by atoms with Crippen LogP contribution in [-0.2, 0) is 36.0 Å². The topological polar surface area (TPSA) is 121 Å². The first-order valence-corrected chi connectivity index (χ1v) is 18.8. The molecule has 0 spiro atoms. The van der Waals surface area contributed by atoms with Gasteiger partial charge in [-0.05, 0) is 79.6 Å². The molecule has 0 bridgehead atoms. The maximum absolute atomic E-state index is 13.4. The summed E-state index contributed by atoms with van der Waals surface area (Å²) in [5, 5.41) is 12.2. The molecular formula is C41H46N6O5S. The summed E-state index contributed by atoms with van der Waals surface area (Å²) in [5.41, 5.74) is 7.83. The molecule has 0 radical (unpaired) electrons. The normalized spacial score (nSPS) is 16.2. The molecule has 1 atom stereocenters. The average Bonchev–Trinajstić information content (AvgIpc) is 3.70. The van der Waals surface area contributed by atoms with Crippen molar-refractivity contribution < 1.29 is 19.1 Å². The fourth-order valence-corrected chi connectivity index (χ4v) is 7.94. The van der Waals surface area contributed by atoms with Gasteiger partial charge in [-0.1, -0.05) is 18.2 Å². The summed E-state index contributed by atoms with van der Waals surface area (Å²) in [7, 11) is 5.07. The quantitative estimate of drug-likeness (QED) is 0.155. The van der Waals surface area contributed by atoms with Crippen molar-refractivity contribution in [2.75, 3.05) is 46.9 Å². The Morgan fingerprint density at radius 1 is 1.04 bits per heavy atom. The van der Waals surface area contributed by atoms with Crippen LogP contribution in [0.1, 0.15) is 57.8 Å². The van der Waals surface area contributed by atoms with Crippen LogP contribution in [0.15, 0.2) is 58.5 Å². The van der Waals surface area contributed by atoms with Gasteiger partial charge in [0.2, 0.25) is 5.91 Å². The molecular weight excluding hydrogens is 689 g/mol. The third-order valence-electron chi connectivity index (χ3n) is 10.7. The van der Waals surface area contributed by atoms with Crippen molar-refractivity contribution in [3.05, 3.63) is 102 Å². The predicted octanol–water partition coefficient (Wildman–Crippen LogP) is 5.47. The number of carbonyl (C=O) groups excluding carboxylic acids is 2. The minimum Gasteiger partial charge on any atom is -0.496 e. The van der Waals surface area contributed by atoms with E-state index in [2.05, 4.69) is 34.2 Å². The van der Waals surface area contributed by atoms with Crippen LogP contribution < -0.4 is 15.0 Å². The van der Waals surface area contributed by atoms with Gasteiger partial charge in [0.15, 0.2) is 0 Å². The molecule has 1 fully saturated rings. The molecule has 53 heavy (non-hydrogen) atoms. The van der Waals surface area contributed by atoms with E-state index < -0.39 is 0 Å². The Bertz CT molecular complexity index is 2120. The van der Waals surface area contributed by atoms with Crippen LogP contribution >= 0.6 is 11.3 Å². The largest absolute Gasteiger partial charge is 0.496 e. The molecule has 0 saturated carbocycles. The number of ether oxygens (including phenoxy) is 2. The number of nitrogens with zero attached hydrogens (tertiary/aromatic N) is 6. The second-order valence-corrected chi connectivity index (χ2v) is 14.6.